The van der Waals surface area contributed by atoms with Crippen LogP contribution in [-0.2, 0) is 6.54 Å². The minimum Gasteiger partial charge on any atom is -0.307 e. The number of rotatable bonds is 4. The van der Waals surface area contributed by atoms with E-state index in [4.69, 9.17) is 23.2 Å². The minimum atomic E-state index is -0.242. The molecule has 116 valence electrons. The largest absolute Gasteiger partial charge is 0.307 e. The molecule has 1 amide bonds. The van der Waals surface area contributed by atoms with Gasteiger partial charge in [-0.15, -0.1) is 0 Å². The van der Waals surface area contributed by atoms with Gasteiger partial charge >= 0.3 is 0 Å². The van der Waals surface area contributed by atoms with E-state index in [9.17, 15) is 4.79 Å². The van der Waals surface area contributed by atoms with Crippen LogP contribution in [0, 0.1) is 0 Å². The Morgan fingerprint density at radius 3 is 2.70 bits per heavy atom. The Morgan fingerprint density at radius 2 is 1.91 bits per heavy atom. The summed E-state index contributed by atoms with van der Waals surface area (Å²) in [6, 6.07) is 16.0. The number of anilines is 1. The maximum atomic E-state index is 12.3. The molecule has 1 aromatic heterocycles. The average molecular weight is 346 g/mol. The van der Waals surface area contributed by atoms with Crippen molar-refractivity contribution in [3.05, 3.63) is 82.0 Å². The van der Waals surface area contributed by atoms with Gasteiger partial charge in [-0.05, 0) is 29.8 Å². The van der Waals surface area contributed by atoms with Crippen molar-refractivity contribution in [2.75, 3.05) is 5.32 Å². The van der Waals surface area contributed by atoms with Crippen LogP contribution in [0.1, 0.15) is 15.9 Å². The van der Waals surface area contributed by atoms with Crippen molar-refractivity contribution < 1.29 is 4.79 Å². The summed E-state index contributed by atoms with van der Waals surface area (Å²) >= 11 is 12.1. The Balaban J connectivity index is 1.79. The Morgan fingerprint density at radius 1 is 1.09 bits per heavy atom. The van der Waals surface area contributed by atoms with Crippen LogP contribution in [0.2, 0.25) is 10.0 Å². The van der Waals surface area contributed by atoms with Crippen molar-refractivity contribution in [3.63, 3.8) is 0 Å². The molecule has 0 unspecified atom stereocenters. The molecule has 0 fully saturated rings. The highest BCUT2D eigenvalue weighted by molar-refractivity contribution is 6.31. The van der Waals surface area contributed by atoms with Gasteiger partial charge in [-0.25, -0.2) is 4.68 Å². The first-order valence-electron chi connectivity index (χ1n) is 6.95. The highest BCUT2D eigenvalue weighted by Gasteiger charge is 2.11. The molecule has 3 rings (SSSR count). The predicted molar refractivity (Wildman–Crippen MR) is 92.2 cm³/mol. The number of carbonyl (C=O) groups excluding carboxylic acids is 1. The summed E-state index contributed by atoms with van der Waals surface area (Å²) in [5.74, 6) is 0.350. The van der Waals surface area contributed by atoms with E-state index in [1.54, 1.807) is 41.2 Å². The zero-order chi connectivity index (χ0) is 16.2. The number of aromatic nitrogens is 2. The number of benzene rings is 2. The monoisotopic (exact) mass is 345 g/mol. The van der Waals surface area contributed by atoms with E-state index < -0.39 is 0 Å². The Kier molecular flexibility index (Phi) is 4.65. The fourth-order valence-corrected chi connectivity index (χ4v) is 2.56. The lowest BCUT2D eigenvalue weighted by atomic mass is 10.2. The molecule has 0 atom stereocenters. The number of amides is 1. The molecule has 2 aromatic carbocycles. The summed E-state index contributed by atoms with van der Waals surface area (Å²) in [6.07, 6.45) is 1.63. The normalized spacial score (nSPS) is 10.5. The number of hydrogen-bond donors (Lipinski definition) is 1. The third-order valence-electron chi connectivity index (χ3n) is 3.32. The van der Waals surface area contributed by atoms with Gasteiger partial charge in [-0.3, -0.25) is 4.79 Å². The summed E-state index contributed by atoms with van der Waals surface area (Å²) in [6.45, 7) is 0.470. The molecule has 4 nitrogen and oxygen atoms in total. The zero-order valence-electron chi connectivity index (χ0n) is 12.0. The fourth-order valence-electron chi connectivity index (χ4n) is 2.17. The lowest BCUT2D eigenvalue weighted by Gasteiger charge is -2.10. The first kappa shape index (κ1) is 15.6. The SMILES string of the molecule is O=C(Nc1ccnn1Cc1ccccc1Cl)c1cccc(Cl)c1. The zero-order valence-corrected chi connectivity index (χ0v) is 13.6. The van der Waals surface area contributed by atoms with E-state index in [1.807, 2.05) is 24.3 Å². The molecule has 1 N–H and O–H groups in total. The molecule has 0 aliphatic carbocycles. The smallest absolute Gasteiger partial charge is 0.256 e. The van der Waals surface area contributed by atoms with Crippen LogP contribution in [-0.4, -0.2) is 15.7 Å². The van der Waals surface area contributed by atoms with Crippen molar-refractivity contribution >= 4 is 34.9 Å². The third kappa shape index (κ3) is 3.73. The maximum Gasteiger partial charge on any atom is 0.256 e. The second-order valence-electron chi connectivity index (χ2n) is 4.93. The second-order valence-corrected chi connectivity index (χ2v) is 5.77. The van der Waals surface area contributed by atoms with Gasteiger partial charge in [-0.1, -0.05) is 47.5 Å². The maximum absolute atomic E-state index is 12.3. The van der Waals surface area contributed by atoms with Gasteiger partial charge in [0.05, 0.1) is 12.7 Å². The molecule has 0 aliphatic rings. The first-order valence-corrected chi connectivity index (χ1v) is 7.71. The first-order chi connectivity index (χ1) is 11.1. The molecular weight excluding hydrogens is 333 g/mol. The fraction of sp³-hybridized carbons (Fsp3) is 0.0588. The van der Waals surface area contributed by atoms with Crippen molar-refractivity contribution in [3.8, 4) is 0 Å². The average Bonchev–Trinajstić information content (AvgIpc) is 2.96. The lowest BCUT2D eigenvalue weighted by Crippen LogP contribution is -2.16. The molecular formula is C17H13Cl2N3O. The molecule has 0 saturated carbocycles. The van der Waals surface area contributed by atoms with E-state index in [0.29, 0.717) is 28.0 Å². The predicted octanol–water partition coefficient (Wildman–Crippen LogP) is 4.49. The number of nitrogens with one attached hydrogen (secondary N) is 1. The van der Waals surface area contributed by atoms with Gasteiger partial charge in [-0.2, -0.15) is 5.10 Å². The van der Waals surface area contributed by atoms with Crippen LogP contribution in [0.3, 0.4) is 0 Å². The van der Waals surface area contributed by atoms with Gasteiger partial charge < -0.3 is 5.32 Å². The van der Waals surface area contributed by atoms with Crippen LogP contribution in [0.4, 0.5) is 5.82 Å². The van der Waals surface area contributed by atoms with Crippen LogP contribution in [0.5, 0.6) is 0 Å². The topological polar surface area (TPSA) is 46.9 Å². The summed E-state index contributed by atoms with van der Waals surface area (Å²) in [4.78, 5) is 12.3. The van der Waals surface area contributed by atoms with Gasteiger partial charge in [0.25, 0.3) is 5.91 Å². The highest BCUT2D eigenvalue weighted by atomic mass is 35.5. The summed E-state index contributed by atoms with van der Waals surface area (Å²) < 4.78 is 1.68. The van der Waals surface area contributed by atoms with Crippen molar-refractivity contribution in [1.82, 2.24) is 9.78 Å². The molecule has 0 radical (unpaired) electrons. The summed E-state index contributed by atoms with van der Waals surface area (Å²) in [5, 5.41) is 8.25. The van der Waals surface area contributed by atoms with Crippen molar-refractivity contribution in [2.24, 2.45) is 0 Å². The Labute approximate surface area is 143 Å². The Bertz CT molecular complexity index is 845. The quantitative estimate of drug-likeness (QED) is 0.757. The van der Waals surface area contributed by atoms with Crippen LogP contribution < -0.4 is 5.32 Å². The van der Waals surface area contributed by atoms with Gasteiger partial charge in [0.15, 0.2) is 0 Å². The third-order valence-corrected chi connectivity index (χ3v) is 3.93. The van der Waals surface area contributed by atoms with E-state index in [2.05, 4.69) is 10.4 Å². The minimum absolute atomic E-state index is 0.242. The summed E-state index contributed by atoms with van der Waals surface area (Å²) in [7, 11) is 0. The molecule has 1 heterocycles. The van der Waals surface area contributed by atoms with Crippen LogP contribution in [0.15, 0.2) is 60.8 Å². The molecule has 6 heteroatoms. The van der Waals surface area contributed by atoms with Gasteiger partial charge in [0.2, 0.25) is 0 Å². The second kappa shape index (κ2) is 6.86. The number of nitrogens with zero attached hydrogens (tertiary/aromatic N) is 2. The molecule has 3 aromatic rings. The van der Waals surface area contributed by atoms with E-state index in [-0.39, 0.29) is 5.91 Å². The lowest BCUT2D eigenvalue weighted by molar-refractivity contribution is 0.102. The molecule has 0 saturated heterocycles. The van der Waals surface area contributed by atoms with E-state index in [1.165, 1.54) is 0 Å². The molecule has 0 bridgehead atoms. The van der Waals surface area contributed by atoms with Crippen LogP contribution >= 0.6 is 23.2 Å². The highest BCUT2D eigenvalue weighted by Crippen LogP contribution is 2.19. The van der Waals surface area contributed by atoms with Crippen molar-refractivity contribution in [1.29, 1.82) is 0 Å². The number of hydrogen-bond acceptors (Lipinski definition) is 2. The standard InChI is InChI=1S/C17H13Cl2N3O/c18-14-6-3-5-12(10-14)17(23)21-16-8-9-20-22(16)11-13-4-1-2-7-15(13)19/h1-10H,11H2,(H,21,23). The van der Waals surface area contributed by atoms with E-state index >= 15 is 0 Å². The van der Waals surface area contributed by atoms with E-state index in [0.717, 1.165) is 5.56 Å². The van der Waals surface area contributed by atoms with Crippen LogP contribution in [0.25, 0.3) is 0 Å². The summed E-state index contributed by atoms with van der Waals surface area (Å²) in [5.41, 5.74) is 1.42. The molecule has 23 heavy (non-hydrogen) atoms. The number of halogens is 2. The number of carbonyl (C=O) groups is 1. The van der Waals surface area contributed by atoms with Gasteiger partial charge in [0.1, 0.15) is 5.82 Å². The Hall–Kier alpha value is -2.30. The molecule has 0 aliphatic heterocycles. The van der Waals surface area contributed by atoms with Gasteiger partial charge in [0, 0.05) is 21.7 Å². The van der Waals surface area contributed by atoms with Crippen molar-refractivity contribution in [2.45, 2.75) is 6.54 Å². The molecule has 0 spiro atoms.